The molecule has 33 heavy (non-hydrogen) atoms. The molecular weight excluding hydrogens is 418 g/mol. The third-order valence-corrected chi connectivity index (χ3v) is 5.72. The maximum absolute atomic E-state index is 12.4. The average Bonchev–Trinajstić information content (AvgIpc) is 2.74. The van der Waals surface area contributed by atoms with Crippen LogP contribution in [0.2, 0.25) is 0 Å². The summed E-state index contributed by atoms with van der Waals surface area (Å²) in [6.07, 6.45) is 1.75. The molecule has 7 nitrogen and oxygen atoms in total. The Morgan fingerprint density at radius 2 is 1.97 bits per heavy atom. The van der Waals surface area contributed by atoms with Gasteiger partial charge in [0.05, 0.1) is 0 Å². The van der Waals surface area contributed by atoms with Crippen molar-refractivity contribution in [2.24, 2.45) is 5.41 Å². The zero-order valence-electron chi connectivity index (χ0n) is 20.4. The second kappa shape index (κ2) is 11.0. The highest BCUT2D eigenvalue weighted by molar-refractivity contribution is 5.90. The molecule has 0 radical (unpaired) electrons. The zero-order chi connectivity index (χ0) is 24.0. The molecule has 0 aliphatic carbocycles. The summed E-state index contributed by atoms with van der Waals surface area (Å²) in [5.74, 6) is 0.673. The van der Waals surface area contributed by atoms with E-state index in [4.69, 9.17) is 9.47 Å². The van der Waals surface area contributed by atoms with Crippen molar-refractivity contribution in [3.8, 4) is 17.0 Å². The van der Waals surface area contributed by atoms with Crippen LogP contribution < -0.4 is 15.4 Å². The van der Waals surface area contributed by atoms with Gasteiger partial charge in [-0.25, -0.2) is 9.78 Å². The Bertz CT molecular complexity index is 947. The minimum Gasteiger partial charge on any atom is -0.448 e. The number of anilines is 1. The van der Waals surface area contributed by atoms with Gasteiger partial charge >= 0.3 is 6.03 Å². The molecule has 180 valence electrons. The number of carbonyl (C=O) groups is 1. The lowest BCUT2D eigenvalue weighted by molar-refractivity contribution is -0.00397. The Morgan fingerprint density at radius 3 is 2.64 bits per heavy atom. The molecule has 3 N–H and O–H groups in total. The van der Waals surface area contributed by atoms with Gasteiger partial charge in [-0.1, -0.05) is 26.8 Å². The molecule has 1 unspecified atom stereocenters. The minimum atomic E-state index is -0.957. The molecule has 1 aliphatic heterocycles. The standard InChI is InChI=1S/C26H37N3O4/c1-17-6-7-21(28-25(31)27-11-10-26(3,4)5)16-22(17)20-14-23(19-8-12-32-13-9-19)29-24(15-20)33-18(2)30/h6-7,14-16,18-19,30H,8-13H2,1-5H3,(H2,27,28,31). The van der Waals surface area contributed by atoms with E-state index in [1.165, 1.54) is 0 Å². The number of aliphatic hydroxyl groups excluding tert-OH is 1. The van der Waals surface area contributed by atoms with E-state index in [1.54, 1.807) is 6.92 Å². The fourth-order valence-corrected chi connectivity index (χ4v) is 3.86. The third kappa shape index (κ3) is 7.72. The molecule has 1 saturated heterocycles. The van der Waals surface area contributed by atoms with Crippen LogP contribution in [0.4, 0.5) is 10.5 Å². The number of ether oxygens (including phenoxy) is 2. The van der Waals surface area contributed by atoms with Crippen molar-refractivity contribution in [1.29, 1.82) is 0 Å². The molecule has 2 heterocycles. The molecule has 1 aromatic heterocycles. The Kier molecular flexibility index (Phi) is 8.32. The number of pyridine rings is 1. The third-order valence-electron chi connectivity index (χ3n) is 5.72. The fourth-order valence-electron chi connectivity index (χ4n) is 3.86. The molecule has 1 aromatic carbocycles. The highest BCUT2D eigenvalue weighted by Gasteiger charge is 2.20. The molecular formula is C26H37N3O4. The molecule has 7 heteroatoms. The Balaban J connectivity index is 1.84. The molecule has 0 spiro atoms. The Hall–Kier alpha value is -2.64. The quantitative estimate of drug-likeness (QED) is 0.498. The number of urea groups is 1. The lowest BCUT2D eigenvalue weighted by Crippen LogP contribution is -2.31. The first-order valence-corrected chi connectivity index (χ1v) is 11.7. The molecule has 2 amide bonds. The van der Waals surface area contributed by atoms with Gasteiger partial charge in [0.25, 0.3) is 0 Å². The van der Waals surface area contributed by atoms with Gasteiger partial charge in [0.15, 0.2) is 6.29 Å². The normalized spacial score (nSPS) is 15.7. The second-order valence-corrected chi connectivity index (χ2v) is 9.94. The van der Waals surface area contributed by atoms with Crippen LogP contribution >= 0.6 is 0 Å². The number of benzene rings is 1. The number of rotatable bonds is 7. The van der Waals surface area contributed by atoms with Crippen LogP contribution in [0.25, 0.3) is 11.1 Å². The topological polar surface area (TPSA) is 92.7 Å². The first kappa shape index (κ1) is 25.0. The molecule has 0 saturated carbocycles. The predicted molar refractivity (Wildman–Crippen MR) is 131 cm³/mol. The van der Waals surface area contributed by atoms with Crippen molar-refractivity contribution >= 4 is 11.7 Å². The van der Waals surface area contributed by atoms with Crippen molar-refractivity contribution in [2.75, 3.05) is 25.1 Å². The number of carbonyl (C=O) groups excluding carboxylic acids is 1. The van der Waals surface area contributed by atoms with E-state index in [-0.39, 0.29) is 17.4 Å². The summed E-state index contributed by atoms with van der Waals surface area (Å²) in [5, 5.41) is 15.6. The number of amides is 2. The van der Waals surface area contributed by atoms with E-state index in [1.807, 2.05) is 31.2 Å². The molecule has 0 bridgehead atoms. The maximum Gasteiger partial charge on any atom is 0.319 e. The van der Waals surface area contributed by atoms with Gasteiger partial charge < -0.3 is 25.2 Å². The number of aliphatic hydroxyl groups is 1. The van der Waals surface area contributed by atoms with Crippen LogP contribution in [0.1, 0.15) is 64.1 Å². The Morgan fingerprint density at radius 1 is 1.24 bits per heavy atom. The highest BCUT2D eigenvalue weighted by atomic mass is 16.6. The summed E-state index contributed by atoms with van der Waals surface area (Å²) in [6, 6.07) is 9.56. The van der Waals surface area contributed by atoms with Gasteiger partial charge in [0.1, 0.15) is 0 Å². The summed E-state index contributed by atoms with van der Waals surface area (Å²) >= 11 is 0. The van der Waals surface area contributed by atoms with E-state index in [0.29, 0.717) is 31.3 Å². The van der Waals surface area contributed by atoms with Crippen LogP contribution in [-0.2, 0) is 4.74 Å². The van der Waals surface area contributed by atoms with Gasteiger partial charge in [-0.2, -0.15) is 0 Å². The maximum atomic E-state index is 12.4. The van der Waals surface area contributed by atoms with Gasteiger partial charge in [-0.3, -0.25) is 0 Å². The average molecular weight is 456 g/mol. The van der Waals surface area contributed by atoms with Crippen molar-refractivity contribution in [3.63, 3.8) is 0 Å². The van der Waals surface area contributed by atoms with Crippen LogP contribution in [0.3, 0.4) is 0 Å². The molecule has 1 aliphatic rings. The number of hydrogen-bond donors (Lipinski definition) is 3. The van der Waals surface area contributed by atoms with Crippen LogP contribution in [0, 0.1) is 12.3 Å². The molecule has 2 aromatic rings. The number of nitrogens with zero attached hydrogens (tertiary/aromatic N) is 1. The predicted octanol–water partition coefficient (Wildman–Crippen LogP) is 5.23. The summed E-state index contributed by atoms with van der Waals surface area (Å²) < 4.78 is 11.1. The van der Waals surface area contributed by atoms with E-state index >= 15 is 0 Å². The summed E-state index contributed by atoms with van der Waals surface area (Å²) in [6.45, 7) is 12.1. The van der Waals surface area contributed by atoms with Gasteiger partial charge in [0, 0.05) is 43.1 Å². The van der Waals surface area contributed by atoms with Crippen LogP contribution in [0.5, 0.6) is 5.88 Å². The highest BCUT2D eigenvalue weighted by Crippen LogP contribution is 2.34. The van der Waals surface area contributed by atoms with Crippen LogP contribution in [0.15, 0.2) is 30.3 Å². The largest absolute Gasteiger partial charge is 0.448 e. The first-order valence-electron chi connectivity index (χ1n) is 11.7. The zero-order valence-corrected chi connectivity index (χ0v) is 20.4. The SMILES string of the molecule is Cc1ccc(NC(=O)NCCC(C)(C)C)cc1-c1cc(OC(C)O)nc(C2CCOCC2)c1. The number of aryl methyl sites for hydroxylation is 1. The fraction of sp³-hybridized carbons (Fsp3) is 0.538. The molecule has 1 fully saturated rings. The van der Waals surface area contributed by atoms with Crippen molar-refractivity contribution < 1.29 is 19.4 Å². The van der Waals surface area contributed by atoms with Gasteiger partial charge in [-0.05, 0) is 73.4 Å². The summed E-state index contributed by atoms with van der Waals surface area (Å²) in [4.78, 5) is 17.0. The Labute approximate surface area is 196 Å². The van der Waals surface area contributed by atoms with Gasteiger partial charge in [-0.15, -0.1) is 0 Å². The van der Waals surface area contributed by atoms with E-state index in [0.717, 1.165) is 41.6 Å². The lowest BCUT2D eigenvalue weighted by atomic mass is 9.92. The van der Waals surface area contributed by atoms with Crippen molar-refractivity contribution in [3.05, 3.63) is 41.6 Å². The monoisotopic (exact) mass is 455 g/mol. The first-order chi connectivity index (χ1) is 15.6. The number of nitrogens with one attached hydrogen (secondary N) is 2. The minimum absolute atomic E-state index is 0.166. The molecule has 3 rings (SSSR count). The number of aromatic nitrogens is 1. The van der Waals surface area contributed by atoms with Crippen molar-refractivity contribution in [2.45, 2.75) is 66.1 Å². The van der Waals surface area contributed by atoms with E-state index in [9.17, 15) is 9.90 Å². The smallest absolute Gasteiger partial charge is 0.319 e. The van der Waals surface area contributed by atoms with Crippen molar-refractivity contribution in [1.82, 2.24) is 10.3 Å². The van der Waals surface area contributed by atoms with Gasteiger partial charge in [0.2, 0.25) is 5.88 Å². The van der Waals surface area contributed by atoms with Crippen LogP contribution in [-0.4, -0.2) is 42.2 Å². The second-order valence-electron chi connectivity index (χ2n) is 9.94. The van der Waals surface area contributed by atoms with E-state index in [2.05, 4.69) is 42.5 Å². The lowest BCUT2D eigenvalue weighted by Gasteiger charge is -2.23. The van der Waals surface area contributed by atoms with E-state index < -0.39 is 6.29 Å². The number of hydrogen-bond acceptors (Lipinski definition) is 5. The summed E-state index contributed by atoms with van der Waals surface area (Å²) in [5.41, 5.74) is 4.81. The molecule has 1 atom stereocenters. The summed E-state index contributed by atoms with van der Waals surface area (Å²) in [7, 11) is 0.